The Balaban J connectivity index is 1.67. The van der Waals surface area contributed by atoms with Gasteiger partial charge in [-0.2, -0.15) is 8.42 Å². The van der Waals surface area contributed by atoms with Crippen molar-refractivity contribution in [3.05, 3.63) is 102 Å². The third kappa shape index (κ3) is 6.23. The molecule has 3 aromatic rings. The second kappa shape index (κ2) is 11.2. The van der Waals surface area contributed by atoms with Crippen molar-refractivity contribution in [2.75, 3.05) is 0 Å². The van der Waals surface area contributed by atoms with Crippen LogP contribution in [0.4, 0.5) is 0 Å². The highest BCUT2D eigenvalue weighted by Gasteiger charge is 2.51. The number of hydrogen-bond acceptors (Lipinski definition) is 9. The fourth-order valence-corrected chi connectivity index (χ4v) is 4.96. The zero-order valence-corrected chi connectivity index (χ0v) is 20.9. The van der Waals surface area contributed by atoms with Crippen molar-refractivity contribution < 1.29 is 41.5 Å². The van der Waals surface area contributed by atoms with E-state index in [1.54, 1.807) is 55.5 Å². The first kappa shape index (κ1) is 26.5. The van der Waals surface area contributed by atoms with Gasteiger partial charge in [0.1, 0.15) is 6.10 Å². The van der Waals surface area contributed by atoms with E-state index >= 15 is 0 Å². The van der Waals surface area contributed by atoms with Crippen LogP contribution in [0.15, 0.2) is 89.8 Å². The summed E-state index contributed by atoms with van der Waals surface area (Å²) in [5.74, 6) is -1.65. The summed E-state index contributed by atoms with van der Waals surface area (Å²) in [6.07, 6.45) is -7.35. The maximum Gasteiger partial charge on any atom is 0.338 e. The van der Waals surface area contributed by atoms with E-state index in [2.05, 4.69) is 0 Å². The summed E-state index contributed by atoms with van der Waals surface area (Å²) in [4.78, 5) is 25.6. The lowest BCUT2D eigenvalue weighted by Crippen LogP contribution is -2.60. The Morgan fingerprint density at radius 1 is 0.757 bits per heavy atom. The van der Waals surface area contributed by atoms with Gasteiger partial charge in [0, 0.05) is 0 Å². The molecule has 4 rings (SSSR count). The van der Waals surface area contributed by atoms with Crippen molar-refractivity contribution in [2.45, 2.75) is 49.4 Å². The summed E-state index contributed by atoms with van der Waals surface area (Å²) >= 11 is 0. The number of esters is 2. The van der Waals surface area contributed by atoms with E-state index in [4.69, 9.17) is 18.4 Å². The molecule has 0 aromatic heterocycles. The average Bonchev–Trinajstić information content (AvgIpc) is 2.89. The lowest BCUT2D eigenvalue weighted by atomic mass is 9.99. The maximum absolute atomic E-state index is 13.1. The van der Waals surface area contributed by atoms with Gasteiger partial charge in [0.25, 0.3) is 10.1 Å². The number of hydrogen-bond donors (Lipinski definition) is 1. The molecule has 3 aromatic carbocycles. The van der Waals surface area contributed by atoms with Gasteiger partial charge >= 0.3 is 11.9 Å². The molecule has 0 radical (unpaired) electrons. The van der Waals surface area contributed by atoms with Crippen molar-refractivity contribution in [3.8, 4) is 0 Å². The van der Waals surface area contributed by atoms with E-state index in [1.165, 1.54) is 43.3 Å². The molecule has 37 heavy (non-hydrogen) atoms. The van der Waals surface area contributed by atoms with Crippen molar-refractivity contribution in [1.82, 2.24) is 0 Å². The molecule has 1 aliphatic rings. The summed E-state index contributed by atoms with van der Waals surface area (Å²) in [7, 11) is -4.36. The van der Waals surface area contributed by atoms with Crippen LogP contribution in [0.1, 0.15) is 33.2 Å². The van der Waals surface area contributed by atoms with Gasteiger partial charge in [0.15, 0.2) is 18.5 Å². The lowest BCUT2D eigenvalue weighted by molar-refractivity contribution is -0.271. The molecule has 9 nitrogen and oxygen atoms in total. The van der Waals surface area contributed by atoms with Crippen LogP contribution in [0.2, 0.25) is 0 Å². The van der Waals surface area contributed by atoms with Gasteiger partial charge in [-0.1, -0.05) is 54.1 Å². The lowest BCUT2D eigenvalue weighted by Gasteiger charge is -2.42. The van der Waals surface area contributed by atoms with Crippen LogP contribution in [0, 0.1) is 6.92 Å². The average molecular weight is 527 g/mol. The Labute approximate surface area is 214 Å². The number of benzene rings is 3. The van der Waals surface area contributed by atoms with Crippen LogP contribution in [0.25, 0.3) is 0 Å². The summed E-state index contributed by atoms with van der Waals surface area (Å²) in [5, 5.41) is 10.7. The topological polar surface area (TPSA) is 125 Å². The molecule has 5 atom stereocenters. The minimum absolute atomic E-state index is 0.123. The number of aryl methyl sites for hydroxylation is 1. The van der Waals surface area contributed by atoms with Gasteiger partial charge in [0.2, 0.25) is 0 Å². The zero-order valence-electron chi connectivity index (χ0n) is 20.1. The van der Waals surface area contributed by atoms with Crippen LogP contribution in [0.5, 0.6) is 0 Å². The minimum Gasteiger partial charge on any atom is -0.452 e. The second-order valence-electron chi connectivity index (χ2n) is 8.53. The summed E-state index contributed by atoms with van der Waals surface area (Å²) in [5.41, 5.74) is 1.19. The fourth-order valence-electron chi connectivity index (χ4n) is 3.82. The molecule has 0 bridgehead atoms. The Hall–Kier alpha value is -3.57. The largest absolute Gasteiger partial charge is 0.452 e. The number of aliphatic hydroxyl groups excluding tert-OH is 1. The van der Waals surface area contributed by atoms with Gasteiger partial charge in [-0.05, 0) is 50.2 Å². The Morgan fingerprint density at radius 3 is 1.76 bits per heavy atom. The third-order valence-corrected chi connectivity index (χ3v) is 7.12. The van der Waals surface area contributed by atoms with Crippen LogP contribution >= 0.6 is 0 Å². The molecule has 1 aliphatic heterocycles. The van der Waals surface area contributed by atoms with Crippen LogP contribution < -0.4 is 0 Å². The Bertz CT molecular complexity index is 1330. The zero-order chi connectivity index (χ0) is 26.6. The maximum atomic E-state index is 13.1. The van der Waals surface area contributed by atoms with E-state index in [9.17, 15) is 23.1 Å². The highest BCUT2D eigenvalue weighted by molar-refractivity contribution is 7.86. The van der Waals surface area contributed by atoms with E-state index < -0.39 is 52.8 Å². The van der Waals surface area contributed by atoms with E-state index in [0.29, 0.717) is 0 Å². The van der Waals surface area contributed by atoms with Crippen molar-refractivity contribution >= 4 is 22.1 Å². The minimum atomic E-state index is -4.36. The number of carbonyl (C=O) groups is 2. The Morgan fingerprint density at radius 2 is 1.24 bits per heavy atom. The molecule has 0 aliphatic carbocycles. The van der Waals surface area contributed by atoms with Crippen molar-refractivity contribution in [1.29, 1.82) is 0 Å². The highest BCUT2D eigenvalue weighted by Crippen LogP contribution is 2.31. The van der Waals surface area contributed by atoms with E-state index in [0.717, 1.165) is 5.56 Å². The molecule has 10 heteroatoms. The molecule has 1 saturated heterocycles. The first-order valence-corrected chi connectivity index (χ1v) is 12.9. The smallest absolute Gasteiger partial charge is 0.338 e. The molecular formula is C27H26O9S. The number of ether oxygens (including phenoxy) is 3. The van der Waals surface area contributed by atoms with Crippen molar-refractivity contribution in [3.63, 3.8) is 0 Å². The van der Waals surface area contributed by atoms with Gasteiger partial charge in [-0.3, -0.25) is 4.18 Å². The van der Waals surface area contributed by atoms with Gasteiger partial charge in [-0.15, -0.1) is 0 Å². The normalized spacial score (nSPS) is 23.7. The molecular weight excluding hydrogens is 500 g/mol. The Kier molecular flexibility index (Phi) is 8.03. The monoisotopic (exact) mass is 526 g/mol. The van der Waals surface area contributed by atoms with Crippen LogP contribution in [-0.2, 0) is 28.5 Å². The molecule has 1 N–H and O–H groups in total. The first-order valence-electron chi connectivity index (χ1n) is 11.5. The third-order valence-electron chi connectivity index (χ3n) is 5.80. The predicted octanol–water partition coefficient (Wildman–Crippen LogP) is 3.26. The summed E-state index contributed by atoms with van der Waals surface area (Å²) < 4.78 is 48.3. The second-order valence-corrected chi connectivity index (χ2v) is 10.1. The van der Waals surface area contributed by atoms with Crippen LogP contribution in [0.3, 0.4) is 0 Å². The molecule has 0 spiro atoms. The molecule has 0 amide bonds. The fraction of sp³-hybridized carbons (Fsp3) is 0.259. The summed E-state index contributed by atoms with van der Waals surface area (Å²) in [6.45, 7) is 3.26. The highest BCUT2D eigenvalue weighted by atomic mass is 32.2. The van der Waals surface area contributed by atoms with E-state index in [1.807, 2.05) is 0 Å². The molecule has 1 heterocycles. The van der Waals surface area contributed by atoms with Crippen molar-refractivity contribution in [2.24, 2.45) is 0 Å². The predicted molar refractivity (Wildman–Crippen MR) is 131 cm³/mol. The van der Waals surface area contributed by atoms with Gasteiger partial charge in [-0.25, -0.2) is 9.59 Å². The summed E-state index contributed by atoms with van der Waals surface area (Å²) in [6, 6.07) is 21.9. The number of carbonyl (C=O) groups excluding carboxylic acids is 2. The van der Waals surface area contributed by atoms with Crippen LogP contribution in [-0.4, -0.2) is 56.2 Å². The first-order chi connectivity index (χ1) is 17.7. The number of rotatable bonds is 7. The van der Waals surface area contributed by atoms with E-state index in [-0.39, 0.29) is 16.0 Å². The number of aliphatic hydroxyl groups is 1. The standard InChI is InChI=1S/C27H26O9S/c1-17-13-15-21(16-14-17)37(31,32)36-22-18(2)33-27(30)24(35-26(29)20-11-7-4-8-12-20)23(22)34-25(28)19-9-5-3-6-10-19/h3-16,18,22-24,27,30H,1-2H3/t18-,22+,23-,24+,27-/m0/s1. The van der Waals surface area contributed by atoms with Gasteiger partial charge < -0.3 is 19.3 Å². The SMILES string of the molecule is Cc1ccc(S(=O)(=O)O[C@H]2[C@H](OC(=O)c3ccccc3)[C@@H](OC(=O)c3ccccc3)[C@@H](O)O[C@H]2C)cc1. The van der Waals surface area contributed by atoms with Gasteiger partial charge in [0.05, 0.1) is 22.1 Å². The molecule has 0 unspecified atom stereocenters. The molecule has 0 saturated carbocycles. The molecule has 1 fully saturated rings. The molecule has 194 valence electrons. The quantitative estimate of drug-likeness (QED) is 0.365.